The van der Waals surface area contributed by atoms with Gasteiger partial charge in [-0.1, -0.05) is 13.8 Å². The van der Waals surface area contributed by atoms with Gasteiger partial charge < -0.3 is 4.74 Å². The highest BCUT2D eigenvalue weighted by molar-refractivity contribution is 4.94. The first-order valence-electron chi connectivity index (χ1n) is 4.03. The van der Waals surface area contributed by atoms with E-state index in [0.717, 1.165) is 5.76 Å². The Morgan fingerprint density at radius 2 is 2.30 bits per heavy atom. The zero-order chi connectivity index (χ0) is 7.56. The number of hydrogen-bond donors (Lipinski definition) is 0. The summed E-state index contributed by atoms with van der Waals surface area (Å²) in [5, 5.41) is 0. The highest BCUT2D eigenvalue weighted by atomic mass is 16.5. The van der Waals surface area contributed by atoms with Crippen molar-refractivity contribution >= 4 is 0 Å². The maximum atomic E-state index is 5.61. The second-order valence-electron chi connectivity index (χ2n) is 3.29. The molecule has 1 heteroatoms. The van der Waals surface area contributed by atoms with Gasteiger partial charge in [-0.25, -0.2) is 0 Å². The van der Waals surface area contributed by atoms with Gasteiger partial charge in [0.1, 0.15) is 6.10 Å². The van der Waals surface area contributed by atoms with Gasteiger partial charge >= 0.3 is 0 Å². The molecule has 0 saturated carbocycles. The van der Waals surface area contributed by atoms with E-state index in [1.54, 1.807) is 0 Å². The van der Waals surface area contributed by atoms with Gasteiger partial charge in [-0.15, -0.1) is 0 Å². The zero-order valence-electron chi connectivity index (χ0n) is 7.05. The molecule has 0 aromatic heterocycles. The Morgan fingerprint density at radius 3 is 2.70 bits per heavy atom. The first-order valence-corrected chi connectivity index (χ1v) is 4.03. The summed E-state index contributed by atoms with van der Waals surface area (Å²) < 4.78 is 5.61. The monoisotopic (exact) mass is 140 g/mol. The molecule has 0 N–H and O–H groups in total. The lowest BCUT2D eigenvalue weighted by Crippen LogP contribution is -2.21. The van der Waals surface area contributed by atoms with Crippen molar-refractivity contribution in [3.8, 4) is 0 Å². The first-order chi connectivity index (χ1) is 4.70. The van der Waals surface area contributed by atoms with Crippen LogP contribution < -0.4 is 0 Å². The molecule has 0 spiro atoms. The fourth-order valence-corrected chi connectivity index (χ4v) is 1.27. The van der Waals surface area contributed by atoms with Crippen LogP contribution in [0.1, 0.15) is 33.6 Å². The lowest BCUT2D eigenvalue weighted by molar-refractivity contribution is 0.0599. The molecule has 1 heterocycles. The van der Waals surface area contributed by atoms with Gasteiger partial charge in [0, 0.05) is 0 Å². The van der Waals surface area contributed by atoms with Crippen molar-refractivity contribution in [3.05, 3.63) is 11.8 Å². The van der Waals surface area contributed by atoms with E-state index in [1.165, 1.54) is 12.8 Å². The van der Waals surface area contributed by atoms with E-state index in [9.17, 15) is 0 Å². The molecule has 0 aliphatic carbocycles. The number of rotatable bonds is 1. The summed E-state index contributed by atoms with van der Waals surface area (Å²) >= 11 is 0. The topological polar surface area (TPSA) is 9.23 Å². The van der Waals surface area contributed by atoms with E-state index >= 15 is 0 Å². The van der Waals surface area contributed by atoms with Crippen molar-refractivity contribution < 1.29 is 4.74 Å². The van der Waals surface area contributed by atoms with Gasteiger partial charge in [-0.3, -0.25) is 0 Å². The second kappa shape index (κ2) is 3.09. The standard InChI is InChI=1S/C9H16O/c1-7(2)9-6-4-5-8(3)10-9/h5,7,9H,4,6H2,1-3H3. The molecule has 0 radical (unpaired) electrons. The maximum Gasteiger partial charge on any atom is 0.101 e. The maximum absolute atomic E-state index is 5.61. The van der Waals surface area contributed by atoms with Crippen LogP contribution >= 0.6 is 0 Å². The van der Waals surface area contributed by atoms with E-state index < -0.39 is 0 Å². The van der Waals surface area contributed by atoms with Crippen molar-refractivity contribution in [1.29, 1.82) is 0 Å². The molecular weight excluding hydrogens is 124 g/mol. The molecule has 1 aliphatic rings. The number of hydrogen-bond acceptors (Lipinski definition) is 1. The van der Waals surface area contributed by atoms with Gasteiger partial charge in [0.25, 0.3) is 0 Å². The SMILES string of the molecule is CC1=CCCC(C(C)C)O1. The zero-order valence-corrected chi connectivity index (χ0v) is 7.05. The molecule has 0 aromatic carbocycles. The molecular formula is C9H16O. The smallest absolute Gasteiger partial charge is 0.101 e. The summed E-state index contributed by atoms with van der Waals surface area (Å²) in [7, 11) is 0. The first kappa shape index (κ1) is 7.64. The Labute approximate surface area is 63.1 Å². The van der Waals surface area contributed by atoms with Crippen LogP contribution in [-0.4, -0.2) is 6.10 Å². The van der Waals surface area contributed by atoms with Gasteiger partial charge in [-0.05, 0) is 31.8 Å². The third-order valence-electron chi connectivity index (χ3n) is 1.96. The summed E-state index contributed by atoms with van der Waals surface area (Å²) in [6.07, 6.45) is 5.01. The van der Waals surface area contributed by atoms with Crippen LogP contribution in [0.5, 0.6) is 0 Å². The van der Waals surface area contributed by atoms with Crippen molar-refractivity contribution in [1.82, 2.24) is 0 Å². The third-order valence-corrected chi connectivity index (χ3v) is 1.96. The lowest BCUT2D eigenvalue weighted by Gasteiger charge is -2.25. The fourth-order valence-electron chi connectivity index (χ4n) is 1.27. The summed E-state index contributed by atoms with van der Waals surface area (Å²) in [4.78, 5) is 0. The van der Waals surface area contributed by atoms with E-state index in [2.05, 4.69) is 19.9 Å². The average molecular weight is 140 g/mol. The number of allylic oxidation sites excluding steroid dienone is 2. The molecule has 0 aromatic rings. The molecule has 1 atom stereocenters. The third kappa shape index (κ3) is 1.76. The summed E-state index contributed by atoms with van der Waals surface area (Å²) in [5.41, 5.74) is 0. The second-order valence-corrected chi connectivity index (χ2v) is 3.29. The molecule has 0 fully saturated rings. The van der Waals surface area contributed by atoms with Gasteiger partial charge in [0.05, 0.1) is 5.76 Å². The van der Waals surface area contributed by atoms with Crippen molar-refractivity contribution in [3.63, 3.8) is 0 Å². The summed E-state index contributed by atoms with van der Waals surface area (Å²) in [5.74, 6) is 1.76. The predicted octanol–water partition coefficient (Wildman–Crippen LogP) is 2.73. The van der Waals surface area contributed by atoms with Crippen LogP contribution in [0.2, 0.25) is 0 Å². The molecule has 1 nitrogen and oxygen atoms in total. The Hall–Kier alpha value is -0.460. The summed E-state index contributed by atoms with van der Waals surface area (Å²) in [6.45, 7) is 6.46. The summed E-state index contributed by atoms with van der Waals surface area (Å²) in [6, 6.07) is 0. The minimum absolute atomic E-state index is 0.463. The highest BCUT2D eigenvalue weighted by Crippen LogP contribution is 2.21. The molecule has 0 amide bonds. The molecule has 58 valence electrons. The minimum Gasteiger partial charge on any atom is -0.495 e. The quantitative estimate of drug-likeness (QED) is 0.544. The highest BCUT2D eigenvalue weighted by Gasteiger charge is 2.16. The van der Waals surface area contributed by atoms with E-state index in [1.807, 2.05) is 6.92 Å². The predicted molar refractivity (Wildman–Crippen MR) is 42.7 cm³/mol. The molecule has 10 heavy (non-hydrogen) atoms. The Kier molecular flexibility index (Phi) is 2.36. The van der Waals surface area contributed by atoms with Crippen LogP contribution in [-0.2, 0) is 4.74 Å². The number of ether oxygens (including phenoxy) is 1. The normalized spacial score (nSPS) is 26.0. The minimum atomic E-state index is 0.463. The van der Waals surface area contributed by atoms with Crippen molar-refractivity contribution in [2.45, 2.75) is 39.7 Å². The van der Waals surface area contributed by atoms with E-state index in [0.29, 0.717) is 12.0 Å². The largest absolute Gasteiger partial charge is 0.495 e. The van der Waals surface area contributed by atoms with Crippen LogP contribution in [0.15, 0.2) is 11.8 Å². The average Bonchev–Trinajstić information content (AvgIpc) is 1.88. The van der Waals surface area contributed by atoms with Crippen LogP contribution in [0.25, 0.3) is 0 Å². The van der Waals surface area contributed by atoms with E-state index in [-0.39, 0.29) is 0 Å². The molecule has 1 rings (SSSR count). The molecule has 0 saturated heterocycles. The van der Waals surface area contributed by atoms with Crippen molar-refractivity contribution in [2.75, 3.05) is 0 Å². The van der Waals surface area contributed by atoms with Crippen LogP contribution in [0.4, 0.5) is 0 Å². The lowest BCUT2D eigenvalue weighted by atomic mass is 10.0. The van der Waals surface area contributed by atoms with Crippen molar-refractivity contribution in [2.24, 2.45) is 5.92 Å². The Bertz CT molecular complexity index is 136. The van der Waals surface area contributed by atoms with Gasteiger partial charge in [0.2, 0.25) is 0 Å². The Morgan fingerprint density at radius 1 is 1.60 bits per heavy atom. The van der Waals surface area contributed by atoms with Gasteiger partial charge in [-0.2, -0.15) is 0 Å². The Balaban J connectivity index is 2.45. The molecule has 1 aliphatic heterocycles. The van der Waals surface area contributed by atoms with Crippen LogP contribution in [0.3, 0.4) is 0 Å². The van der Waals surface area contributed by atoms with Crippen LogP contribution in [0, 0.1) is 5.92 Å². The molecule has 1 unspecified atom stereocenters. The van der Waals surface area contributed by atoms with Gasteiger partial charge in [0.15, 0.2) is 0 Å². The fraction of sp³-hybridized carbons (Fsp3) is 0.778. The van der Waals surface area contributed by atoms with E-state index in [4.69, 9.17) is 4.74 Å². The molecule has 0 bridgehead atoms.